The Kier molecular flexibility index (Phi) is 5.99. The molecule has 1 aliphatic rings. The van der Waals surface area contributed by atoms with E-state index < -0.39 is 17.8 Å². The van der Waals surface area contributed by atoms with Crippen LogP contribution in [0.4, 0.5) is 5.69 Å². The number of hydrogen-bond donors (Lipinski definition) is 2. The molecular formula is C23H15ClN2O6S. The SMILES string of the molecule is COc1ccc(N2C(=O)/C(=C\c3ccc(-c4cc(C(=O)O)ccc4Cl)o3)C(=O)NC2=S)cc1. The van der Waals surface area contributed by atoms with Crippen LogP contribution in [0.15, 0.2) is 64.6 Å². The van der Waals surface area contributed by atoms with Crippen LogP contribution in [0.3, 0.4) is 0 Å². The number of methoxy groups -OCH3 is 1. The lowest BCUT2D eigenvalue weighted by atomic mass is 10.1. The van der Waals surface area contributed by atoms with Crippen molar-refractivity contribution in [1.29, 1.82) is 0 Å². The number of nitrogens with zero attached hydrogens (tertiary/aromatic N) is 1. The van der Waals surface area contributed by atoms with Crippen molar-refractivity contribution in [1.82, 2.24) is 5.32 Å². The summed E-state index contributed by atoms with van der Waals surface area (Å²) in [6, 6.07) is 13.9. The summed E-state index contributed by atoms with van der Waals surface area (Å²) in [5.74, 6) is -1.33. The molecular weight excluding hydrogens is 468 g/mol. The molecule has 0 unspecified atom stereocenters. The lowest BCUT2D eigenvalue weighted by Gasteiger charge is -2.28. The minimum Gasteiger partial charge on any atom is -0.497 e. The number of carboxylic acid groups (broad SMARTS) is 1. The van der Waals surface area contributed by atoms with Gasteiger partial charge in [0.2, 0.25) is 0 Å². The molecule has 8 nitrogen and oxygen atoms in total. The molecule has 1 saturated heterocycles. The molecule has 2 aromatic carbocycles. The van der Waals surface area contributed by atoms with Gasteiger partial charge in [-0.1, -0.05) is 11.6 Å². The maximum Gasteiger partial charge on any atom is 0.335 e. The summed E-state index contributed by atoms with van der Waals surface area (Å²) in [7, 11) is 1.52. The molecule has 2 N–H and O–H groups in total. The van der Waals surface area contributed by atoms with Crippen molar-refractivity contribution in [3.8, 4) is 17.1 Å². The molecule has 0 radical (unpaired) electrons. The van der Waals surface area contributed by atoms with Crippen LogP contribution in [0.25, 0.3) is 17.4 Å². The second-order valence-electron chi connectivity index (χ2n) is 6.86. The van der Waals surface area contributed by atoms with Gasteiger partial charge in [-0.2, -0.15) is 0 Å². The van der Waals surface area contributed by atoms with E-state index >= 15 is 0 Å². The van der Waals surface area contributed by atoms with Crippen molar-refractivity contribution in [3.05, 3.63) is 76.5 Å². The zero-order valence-electron chi connectivity index (χ0n) is 17.0. The van der Waals surface area contributed by atoms with E-state index in [1.54, 1.807) is 30.3 Å². The summed E-state index contributed by atoms with van der Waals surface area (Å²) >= 11 is 11.4. The number of carbonyl (C=O) groups excluding carboxylic acids is 2. The van der Waals surface area contributed by atoms with Gasteiger partial charge in [-0.15, -0.1) is 0 Å². The second kappa shape index (κ2) is 8.89. The summed E-state index contributed by atoms with van der Waals surface area (Å²) in [5, 5.41) is 11.9. The van der Waals surface area contributed by atoms with E-state index in [-0.39, 0.29) is 32.8 Å². The Bertz CT molecular complexity index is 1330. The summed E-state index contributed by atoms with van der Waals surface area (Å²) in [6.07, 6.45) is 1.29. The van der Waals surface area contributed by atoms with Gasteiger partial charge in [-0.3, -0.25) is 19.8 Å². The molecule has 166 valence electrons. The lowest BCUT2D eigenvalue weighted by molar-refractivity contribution is -0.122. The number of thiocarbonyl (C=S) groups is 1. The lowest BCUT2D eigenvalue weighted by Crippen LogP contribution is -2.54. The number of carbonyl (C=O) groups is 3. The Morgan fingerprint density at radius 2 is 1.88 bits per heavy atom. The van der Waals surface area contributed by atoms with Gasteiger partial charge in [0, 0.05) is 5.56 Å². The van der Waals surface area contributed by atoms with Crippen molar-refractivity contribution in [3.63, 3.8) is 0 Å². The Hall–Kier alpha value is -3.95. The van der Waals surface area contributed by atoms with Crippen LogP contribution in [-0.4, -0.2) is 35.1 Å². The topological polar surface area (TPSA) is 109 Å². The molecule has 0 bridgehead atoms. The minimum atomic E-state index is -1.11. The fourth-order valence-electron chi connectivity index (χ4n) is 3.19. The number of carboxylic acids is 1. The van der Waals surface area contributed by atoms with E-state index in [2.05, 4.69) is 5.32 Å². The standard InChI is InChI=1S/C23H15ClN2O6S/c1-31-14-5-3-13(4-6-14)26-21(28)17(20(27)25-23(26)33)11-15-7-9-19(32-15)16-10-12(22(29)30)2-8-18(16)24/h2-11H,1H3,(H,29,30)(H,25,27,33)/b17-11-. The maximum atomic E-state index is 13.1. The molecule has 2 amide bonds. The fourth-order valence-corrected chi connectivity index (χ4v) is 3.68. The van der Waals surface area contributed by atoms with Gasteiger partial charge in [0.1, 0.15) is 22.8 Å². The summed E-state index contributed by atoms with van der Waals surface area (Å²) in [6.45, 7) is 0. The number of hydrogen-bond acceptors (Lipinski definition) is 6. The third-order valence-electron chi connectivity index (χ3n) is 4.82. The minimum absolute atomic E-state index is 0.0381. The van der Waals surface area contributed by atoms with Gasteiger partial charge >= 0.3 is 5.97 Å². The predicted octanol–water partition coefficient (Wildman–Crippen LogP) is 4.14. The van der Waals surface area contributed by atoms with E-state index in [1.807, 2.05) is 0 Å². The van der Waals surface area contributed by atoms with Crippen LogP contribution in [0, 0.1) is 0 Å². The first kappa shape index (κ1) is 22.3. The Labute approximate surface area is 198 Å². The molecule has 1 fully saturated rings. The van der Waals surface area contributed by atoms with Gasteiger partial charge in [0.15, 0.2) is 5.11 Å². The number of furan rings is 1. The van der Waals surface area contributed by atoms with Gasteiger partial charge in [-0.05, 0) is 72.9 Å². The van der Waals surface area contributed by atoms with Gasteiger partial charge < -0.3 is 14.3 Å². The monoisotopic (exact) mass is 482 g/mol. The first-order valence-electron chi connectivity index (χ1n) is 9.47. The van der Waals surface area contributed by atoms with Crippen molar-refractivity contribution >= 4 is 58.5 Å². The van der Waals surface area contributed by atoms with E-state index in [0.29, 0.717) is 17.0 Å². The normalized spacial score (nSPS) is 15.0. The Balaban J connectivity index is 1.67. The third-order valence-corrected chi connectivity index (χ3v) is 5.44. The van der Waals surface area contributed by atoms with Crippen molar-refractivity contribution < 1.29 is 28.6 Å². The molecule has 33 heavy (non-hydrogen) atoms. The Morgan fingerprint density at radius 1 is 1.15 bits per heavy atom. The molecule has 0 aliphatic carbocycles. The highest BCUT2D eigenvalue weighted by Gasteiger charge is 2.34. The molecule has 0 spiro atoms. The molecule has 0 saturated carbocycles. The first-order chi connectivity index (χ1) is 15.8. The van der Waals surface area contributed by atoms with Gasteiger partial charge in [0.05, 0.1) is 23.4 Å². The summed E-state index contributed by atoms with van der Waals surface area (Å²) < 4.78 is 10.9. The average Bonchev–Trinajstić information content (AvgIpc) is 3.25. The number of benzene rings is 2. The number of halogens is 1. The summed E-state index contributed by atoms with van der Waals surface area (Å²) in [5.41, 5.74) is 0.665. The largest absolute Gasteiger partial charge is 0.497 e. The highest BCUT2D eigenvalue weighted by atomic mass is 35.5. The number of nitrogens with one attached hydrogen (secondary N) is 1. The van der Waals surface area contributed by atoms with E-state index in [4.69, 9.17) is 33.0 Å². The number of amides is 2. The number of aromatic carboxylic acids is 1. The molecule has 2 heterocycles. The zero-order valence-corrected chi connectivity index (χ0v) is 18.6. The molecule has 1 aromatic heterocycles. The van der Waals surface area contributed by atoms with Gasteiger partial charge in [0.25, 0.3) is 11.8 Å². The molecule has 4 rings (SSSR count). The van der Waals surface area contributed by atoms with Crippen LogP contribution < -0.4 is 15.0 Å². The van der Waals surface area contributed by atoms with Crippen LogP contribution in [-0.2, 0) is 9.59 Å². The average molecular weight is 483 g/mol. The van der Waals surface area contributed by atoms with Crippen molar-refractivity contribution in [2.45, 2.75) is 0 Å². The van der Waals surface area contributed by atoms with E-state index in [9.17, 15) is 19.5 Å². The van der Waals surface area contributed by atoms with Crippen molar-refractivity contribution in [2.75, 3.05) is 12.0 Å². The number of rotatable bonds is 5. The predicted molar refractivity (Wildman–Crippen MR) is 125 cm³/mol. The molecule has 0 atom stereocenters. The van der Waals surface area contributed by atoms with Crippen LogP contribution in [0.5, 0.6) is 5.75 Å². The molecule has 3 aromatic rings. The first-order valence-corrected chi connectivity index (χ1v) is 10.3. The van der Waals surface area contributed by atoms with Crippen molar-refractivity contribution in [2.24, 2.45) is 0 Å². The second-order valence-corrected chi connectivity index (χ2v) is 7.65. The zero-order chi connectivity index (χ0) is 23.7. The number of anilines is 1. The van der Waals surface area contributed by atoms with Crippen LogP contribution in [0.2, 0.25) is 5.02 Å². The van der Waals surface area contributed by atoms with Crippen LogP contribution in [0.1, 0.15) is 16.1 Å². The molecule has 1 aliphatic heterocycles. The maximum absolute atomic E-state index is 13.1. The van der Waals surface area contributed by atoms with E-state index in [0.717, 1.165) is 0 Å². The highest BCUT2D eigenvalue weighted by molar-refractivity contribution is 7.80. The Morgan fingerprint density at radius 3 is 2.55 bits per heavy atom. The fraction of sp³-hybridized carbons (Fsp3) is 0.0435. The summed E-state index contributed by atoms with van der Waals surface area (Å²) in [4.78, 5) is 38.0. The number of ether oxygens (including phenoxy) is 1. The molecule has 10 heteroatoms. The quantitative estimate of drug-likeness (QED) is 0.319. The third kappa shape index (κ3) is 4.36. The van der Waals surface area contributed by atoms with Gasteiger partial charge in [-0.25, -0.2) is 4.79 Å². The smallest absolute Gasteiger partial charge is 0.335 e. The van der Waals surface area contributed by atoms with E-state index in [1.165, 1.54) is 42.4 Å². The highest BCUT2D eigenvalue weighted by Crippen LogP contribution is 2.31. The van der Waals surface area contributed by atoms with Crippen LogP contribution >= 0.6 is 23.8 Å².